The molecular formula is C13H13N3O. The molecule has 17 heavy (non-hydrogen) atoms. The Balaban J connectivity index is 2.49. The fourth-order valence-corrected chi connectivity index (χ4v) is 1.79. The summed E-state index contributed by atoms with van der Waals surface area (Å²) in [4.78, 5) is 14.5. The van der Waals surface area contributed by atoms with Gasteiger partial charge in [0.2, 0.25) is 0 Å². The van der Waals surface area contributed by atoms with Crippen LogP contribution in [0.25, 0.3) is 11.1 Å². The van der Waals surface area contributed by atoms with Gasteiger partial charge in [-0.15, -0.1) is 4.91 Å². The van der Waals surface area contributed by atoms with Gasteiger partial charge in [0.25, 0.3) is 0 Å². The van der Waals surface area contributed by atoms with Crippen LogP contribution in [0.1, 0.15) is 5.56 Å². The zero-order chi connectivity index (χ0) is 12.1. The molecule has 1 aromatic carbocycles. The lowest BCUT2D eigenvalue weighted by Crippen LogP contribution is -2.06. The monoisotopic (exact) mass is 227 g/mol. The van der Waals surface area contributed by atoms with Crippen molar-refractivity contribution >= 4 is 5.69 Å². The first kappa shape index (κ1) is 11.4. The molecule has 0 unspecified atom stereocenters. The molecule has 0 saturated heterocycles. The largest absolute Gasteiger partial charge is 0.316 e. The molecule has 0 bridgehead atoms. The quantitative estimate of drug-likeness (QED) is 0.817. The number of aromatic nitrogens is 1. The van der Waals surface area contributed by atoms with Crippen LogP contribution < -0.4 is 5.32 Å². The number of benzene rings is 1. The zero-order valence-corrected chi connectivity index (χ0v) is 9.55. The molecule has 0 aliphatic carbocycles. The Hall–Kier alpha value is -2.07. The molecule has 2 rings (SSSR count). The predicted molar refractivity (Wildman–Crippen MR) is 67.9 cm³/mol. The number of nitrogens with one attached hydrogen (secondary N) is 1. The Morgan fingerprint density at radius 3 is 2.65 bits per heavy atom. The number of pyridine rings is 1. The summed E-state index contributed by atoms with van der Waals surface area (Å²) in [6.45, 7) is 0.695. The Kier molecular flexibility index (Phi) is 3.57. The molecule has 2 aromatic rings. The second kappa shape index (κ2) is 5.32. The van der Waals surface area contributed by atoms with Crippen molar-refractivity contribution in [2.45, 2.75) is 6.54 Å². The second-order valence-electron chi connectivity index (χ2n) is 3.70. The number of nitrogens with zero attached hydrogens (tertiary/aromatic N) is 2. The van der Waals surface area contributed by atoms with Gasteiger partial charge in [0.1, 0.15) is 5.69 Å². The van der Waals surface area contributed by atoms with Gasteiger partial charge in [-0.3, -0.25) is 4.98 Å². The maximum Gasteiger partial charge on any atom is 0.108 e. The third-order valence-corrected chi connectivity index (χ3v) is 2.55. The molecule has 1 aromatic heterocycles. The first-order chi connectivity index (χ1) is 8.35. The highest BCUT2D eigenvalue weighted by Gasteiger charge is 2.05. The van der Waals surface area contributed by atoms with Gasteiger partial charge in [-0.25, -0.2) is 0 Å². The van der Waals surface area contributed by atoms with Gasteiger partial charge in [-0.1, -0.05) is 6.07 Å². The maximum atomic E-state index is 10.5. The highest BCUT2D eigenvalue weighted by atomic mass is 16.3. The molecule has 0 radical (unpaired) electrons. The standard InChI is InChI=1S/C13H13N3O/c1-14-9-11-8-12(16-17)2-3-13(11)10-4-6-15-7-5-10/h2-8,14H,9H2,1H3. The van der Waals surface area contributed by atoms with Crippen LogP contribution in [0.5, 0.6) is 0 Å². The number of nitroso groups, excluding NO2 is 1. The summed E-state index contributed by atoms with van der Waals surface area (Å²) < 4.78 is 0. The van der Waals surface area contributed by atoms with Crippen molar-refractivity contribution in [1.29, 1.82) is 0 Å². The van der Waals surface area contributed by atoms with Crippen molar-refractivity contribution in [2.24, 2.45) is 5.18 Å². The van der Waals surface area contributed by atoms with Crippen molar-refractivity contribution < 1.29 is 0 Å². The van der Waals surface area contributed by atoms with Gasteiger partial charge in [0, 0.05) is 18.9 Å². The van der Waals surface area contributed by atoms with Gasteiger partial charge in [0.15, 0.2) is 0 Å². The highest BCUT2D eigenvalue weighted by Crippen LogP contribution is 2.27. The number of rotatable bonds is 4. The Morgan fingerprint density at radius 2 is 2.00 bits per heavy atom. The molecule has 1 heterocycles. The predicted octanol–water partition coefficient (Wildman–Crippen LogP) is 2.87. The van der Waals surface area contributed by atoms with Crippen molar-refractivity contribution in [3.8, 4) is 11.1 Å². The van der Waals surface area contributed by atoms with Crippen LogP contribution in [0.2, 0.25) is 0 Å². The van der Waals surface area contributed by atoms with Gasteiger partial charge in [-0.2, -0.15) is 0 Å². The van der Waals surface area contributed by atoms with Crippen LogP contribution in [-0.4, -0.2) is 12.0 Å². The van der Waals surface area contributed by atoms with Crippen molar-refractivity contribution in [3.63, 3.8) is 0 Å². The van der Waals surface area contributed by atoms with E-state index in [0.29, 0.717) is 12.2 Å². The SMILES string of the molecule is CNCc1cc(N=O)ccc1-c1ccncc1. The first-order valence-electron chi connectivity index (χ1n) is 5.36. The first-order valence-corrected chi connectivity index (χ1v) is 5.36. The summed E-state index contributed by atoms with van der Waals surface area (Å²) in [7, 11) is 1.87. The smallest absolute Gasteiger partial charge is 0.108 e. The summed E-state index contributed by atoms with van der Waals surface area (Å²) in [5.74, 6) is 0. The van der Waals surface area contributed by atoms with Crippen molar-refractivity contribution in [2.75, 3.05) is 7.05 Å². The van der Waals surface area contributed by atoms with Gasteiger partial charge in [0.05, 0.1) is 0 Å². The van der Waals surface area contributed by atoms with E-state index in [9.17, 15) is 4.91 Å². The average molecular weight is 227 g/mol. The third-order valence-electron chi connectivity index (χ3n) is 2.55. The molecule has 1 N–H and O–H groups in total. The number of hydrogen-bond donors (Lipinski definition) is 1. The summed E-state index contributed by atoms with van der Waals surface area (Å²) >= 11 is 0. The van der Waals surface area contributed by atoms with Crippen LogP contribution in [0.3, 0.4) is 0 Å². The van der Waals surface area contributed by atoms with Crippen LogP contribution >= 0.6 is 0 Å². The van der Waals surface area contributed by atoms with Gasteiger partial charge >= 0.3 is 0 Å². The van der Waals surface area contributed by atoms with E-state index in [1.165, 1.54) is 0 Å². The lowest BCUT2D eigenvalue weighted by Gasteiger charge is -2.09. The highest BCUT2D eigenvalue weighted by molar-refractivity contribution is 5.69. The summed E-state index contributed by atoms with van der Waals surface area (Å²) in [5, 5.41) is 6.04. The molecule has 86 valence electrons. The minimum atomic E-state index is 0.452. The lowest BCUT2D eigenvalue weighted by atomic mass is 10.00. The minimum absolute atomic E-state index is 0.452. The van der Waals surface area contributed by atoms with E-state index in [2.05, 4.69) is 15.5 Å². The second-order valence-corrected chi connectivity index (χ2v) is 3.70. The fourth-order valence-electron chi connectivity index (χ4n) is 1.79. The van der Waals surface area contributed by atoms with Crippen LogP contribution in [0, 0.1) is 4.91 Å². The fraction of sp³-hybridized carbons (Fsp3) is 0.154. The summed E-state index contributed by atoms with van der Waals surface area (Å²) in [6.07, 6.45) is 3.51. The van der Waals surface area contributed by atoms with E-state index in [1.807, 2.05) is 25.2 Å². The van der Waals surface area contributed by atoms with Crippen molar-refractivity contribution in [3.05, 3.63) is 53.2 Å². The molecule has 0 aliphatic rings. The van der Waals surface area contributed by atoms with Crippen LogP contribution in [0.4, 0.5) is 5.69 Å². The molecule has 0 aliphatic heterocycles. The molecular weight excluding hydrogens is 214 g/mol. The van der Waals surface area contributed by atoms with Crippen molar-refractivity contribution in [1.82, 2.24) is 10.3 Å². The van der Waals surface area contributed by atoms with Crippen LogP contribution in [0.15, 0.2) is 47.9 Å². The Bertz CT molecular complexity index is 511. The number of hydrogen-bond acceptors (Lipinski definition) is 4. The molecule has 0 spiro atoms. The molecule has 0 fully saturated rings. The topological polar surface area (TPSA) is 54.4 Å². The Morgan fingerprint density at radius 1 is 1.24 bits per heavy atom. The van der Waals surface area contributed by atoms with E-state index in [0.717, 1.165) is 16.7 Å². The van der Waals surface area contributed by atoms with E-state index < -0.39 is 0 Å². The molecule has 0 saturated carbocycles. The summed E-state index contributed by atoms with van der Waals surface area (Å²) in [6, 6.07) is 9.34. The normalized spacial score (nSPS) is 10.2. The van der Waals surface area contributed by atoms with Gasteiger partial charge < -0.3 is 5.32 Å². The van der Waals surface area contributed by atoms with Gasteiger partial charge in [-0.05, 0) is 53.2 Å². The van der Waals surface area contributed by atoms with E-state index in [1.54, 1.807) is 24.5 Å². The Labute approximate surface area is 99.7 Å². The minimum Gasteiger partial charge on any atom is -0.316 e. The van der Waals surface area contributed by atoms with E-state index in [-0.39, 0.29) is 0 Å². The zero-order valence-electron chi connectivity index (χ0n) is 9.55. The molecule has 4 heteroatoms. The summed E-state index contributed by atoms with van der Waals surface area (Å²) in [5.41, 5.74) is 3.68. The molecule has 0 amide bonds. The van der Waals surface area contributed by atoms with Crippen LogP contribution in [-0.2, 0) is 6.54 Å². The lowest BCUT2D eigenvalue weighted by molar-refractivity contribution is 0.819. The average Bonchev–Trinajstić information content (AvgIpc) is 2.40. The molecule has 0 atom stereocenters. The maximum absolute atomic E-state index is 10.5. The van der Waals surface area contributed by atoms with E-state index in [4.69, 9.17) is 0 Å². The third kappa shape index (κ3) is 2.54. The molecule has 4 nitrogen and oxygen atoms in total. The van der Waals surface area contributed by atoms with E-state index >= 15 is 0 Å².